The average molecular weight is 429 g/mol. The van der Waals surface area contributed by atoms with E-state index in [-0.39, 0.29) is 12.5 Å². The third-order valence-corrected chi connectivity index (χ3v) is 4.56. The Balaban J connectivity index is 1.72. The predicted molar refractivity (Wildman–Crippen MR) is 109 cm³/mol. The third-order valence-electron chi connectivity index (χ3n) is 4.07. The minimum absolute atomic E-state index is 0.124. The molecule has 140 valence electrons. The molecule has 1 aromatic carbocycles. The van der Waals surface area contributed by atoms with E-state index in [0.717, 1.165) is 27.1 Å². The Morgan fingerprint density at radius 3 is 2.67 bits per heavy atom. The number of nitrogens with zero attached hydrogens (tertiary/aromatic N) is 5. The smallest absolute Gasteiger partial charge is 0.243 e. The lowest BCUT2D eigenvalue weighted by molar-refractivity contribution is -0.114. The summed E-state index contributed by atoms with van der Waals surface area (Å²) in [7, 11) is 1.81. The van der Waals surface area contributed by atoms with Crippen molar-refractivity contribution in [1.29, 1.82) is 0 Å². The second-order valence-corrected chi connectivity index (χ2v) is 7.35. The van der Waals surface area contributed by atoms with Gasteiger partial charge in [0.05, 0.1) is 24.6 Å². The van der Waals surface area contributed by atoms with Crippen molar-refractivity contribution in [3.05, 3.63) is 58.1 Å². The van der Waals surface area contributed by atoms with Crippen molar-refractivity contribution in [3.8, 4) is 5.82 Å². The normalized spacial score (nSPS) is 10.7. The van der Waals surface area contributed by atoms with E-state index in [1.54, 1.807) is 22.0 Å². The van der Waals surface area contributed by atoms with E-state index in [4.69, 9.17) is 0 Å². The standard InChI is InChI=1S/C19H21BrN6O/c1-12-7-15(20)5-6-16(12)22-19(27)11-25(4)17-9-21-10-18(23-17)26-14(3)8-13(2)24-26/h5-10H,11H2,1-4H3,(H,22,27). The molecule has 0 saturated carbocycles. The van der Waals surface area contributed by atoms with Crippen LogP contribution in [-0.4, -0.2) is 39.2 Å². The third kappa shape index (κ3) is 4.51. The number of carbonyl (C=O) groups excluding carboxylic acids is 1. The van der Waals surface area contributed by atoms with Crippen LogP contribution in [0.3, 0.4) is 0 Å². The molecule has 1 N–H and O–H groups in total. The maximum Gasteiger partial charge on any atom is 0.243 e. The Morgan fingerprint density at radius 1 is 1.22 bits per heavy atom. The van der Waals surface area contributed by atoms with Gasteiger partial charge in [0.2, 0.25) is 5.91 Å². The Kier molecular flexibility index (Phi) is 5.55. The number of anilines is 2. The van der Waals surface area contributed by atoms with Crippen LogP contribution in [-0.2, 0) is 4.79 Å². The second kappa shape index (κ2) is 7.87. The molecule has 1 amide bonds. The van der Waals surface area contributed by atoms with Gasteiger partial charge in [0.25, 0.3) is 0 Å². The molecule has 2 aromatic heterocycles. The zero-order chi connectivity index (χ0) is 19.6. The van der Waals surface area contributed by atoms with Gasteiger partial charge in [-0.2, -0.15) is 5.10 Å². The van der Waals surface area contributed by atoms with E-state index < -0.39 is 0 Å². The van der Waals surface area contributed by atoms with E-state index in [1.165, 1.54) is 0 Å². The van der Waals surface area contributed by atoms with Crippen molar-refractivity contribution >= 4 is 33.3 Å². The topological polar surface area (TPSA) is 75.9 Å². The molecule has 3 aromatic rings. The Morgan fingerprint density at radius 2 is 2.00 bits per heavy atom. The zero-order valence-electron chi connectivity index (χ0n) is 15.7. The van der Waals surface area contributed by atoms with Crippen LogP contribution < -0.4 is 10.2 Å². The van der Waals surface area contributed by atoms with E-state index in [9.17, 15) is 4.79 Å². The molecule has 0 saturated heterocycles. The van der Waals surface area contributed by atoms with Gasteiger partial charge >= 0.3 is 0 Å². The SMILES string of the molecule is Cc1cc(C)n(-c2cncc(N(C)CC(=O)Nc3ccc(Br)cc3C)n2)n1. The largest absolute Gasteiger partial charge is 0.349 e. The first kappa shape index (κ1) is 19.0. The van der Waals surface area contributed by atoms with E-state index in [0.29, 0.717) is 11.6 Å². The van der Waals surface area contributed by atoms with Crippen molar-refractivity contribution in [2.24, 2.45) is 0 Å². The van der Waals surface area contributed by atoms with Gasteiger partial charge in [-0.15, -0.1) is 0 Å². The van der Waals surface area contributed by atoms with Crippen LogP contribution in [0.5, 0.6) is 0 Å². The number of rotatable bonds is 5. The monoisotopic (exact) mass is 428 g/mol. The number of amides is 1. The van der Waals surface area contributed by atoms with Crippen LogP contribution >= 0.6 is 15.9 Å². The molecule has 0 radical (unpaired) electrons. The molecule has 0 atom stereocenters. The number of hydrogen-bond acceptors (Lipinski definition) is 5. The number of benzene rings is 1. The molecule has 0 spiro atoms. The molecule has 2 heterocycles. The first-order chi connectivity index (χ1) is 12.8. The summed E-state index contributed by atoms with van der Waals surface area (Å²) in [4.78, 5) is 23.0. The molecule has 3 rings (SSSR count). The summed E-state index contributed by atoms with van der Waals surface area (Å²) in [5.41, 5.74) is 3.67. The van der Waals surface area contributed by atoms with Crippen molar-refractivity contribution in [2.75, 3.05) is 23.8 Å². The van der Waals surface area contributed by atoms with Crippen molar-refractivity contribution in [3.63, 3.8) is 0 Å². The van der Waals surface area contributed by atoms with Crippen LogP contribution in [0.15, 0.2) is 41.1 Å². The molecule has 7 nitrogen and oxygen atoms in total. The molecule has 0 aliphatic heterocycles. The van der Waals surface area contributed by atoms with Gasteiger partial charge in [0.1, 0.15) is 5.82 Å². The number of halogens is 1. The number of nitrogens with one attached hydrogen (secondary N) is 1. The highest BCUT2D eigenvalue weighted by atomic mass is 79.9. The highest BCUT2D eigenvalue weighted by Crippen LogP contribution is 2.20. The lowest BCUT2D eigenvalue weighted by Gasteiger charge is -2.18. The second-order valence-electron chi connectivity index (χ2n) is 6.44. The van der Waals surface area contributed by atoms with E-state index in [1.807, 2.05) is 52.1 Å². The fourth-order valence-electron chi connectivity index (χ4n) is 2.75. The number of aryl methyl sites for hydroxylation is 3. The number of likely N-dealkylation sites (N-methyl/N-ethyl adjacent to an activating group) is 1. The van der Waals surface area contributed by atoms with Gasteiger partial charge in [0, 0.05) is 22.9 Å². The highest BCUT2D eigenvalue weighted by molar-refractivity contribution is 9.10. The molecule has 0 bridgehead atoms. The fourth-order valence-corrected chi connectivity index (χ4v) is 3.22. The first-order valence-electron chi connectivity index (χ1n) is 8.46. The number of hydrogen-bond donors (Lipinski definition) is 1. The van der Waals surface area contributed by atoms with Crippen LogP contribution in [0.2, 0.25) is 0 Å². The first-order valence-corrected chi connectivity index (χ1v) is 9.25. The van der Waals surface area contributed by atoms with Crippen molar-refractivity contribution in [1.82, 2.24) is 19.7 Å². The Bertz CT molecular complexity index is 984. The van der Waals surface area contributed by atoms with Crippen LogP contribution in [0.4, 0.5) is 11.5 Å². The number of carbonyl (C=O) groups is 1. The minimum atomic E-state index is -0.124. The van der Waals surface area contributed by atoms with Gasteiger partial charge in [-0.05, 0) is 50.6 Å². The lowest BCUT2D eigenvalue weighted by atomic mass is 10.2. The molecule has 27 heavy (non-hydrogen) atoms. The molecule has 0 fully saturated rings. The van der Waals surface area contributed by atoms with E-state index in [2.05, 4.69) is 36.3 Å². The Hall–Kier alpha value is -2.74. The van der Waals surface area contributed by atoms with Crippen LogP contribution in [0.1, 0.15) is 17.0 Å². The average Bonchev–Trinajstić information content (AvgIpc) is 2.96. The number of aromatic nitrogens is 4. The van der Waals surface area contributed by atoms with Gasteiger partial charge in [-0.25, -0.2) is 9.67 Å². The van der Waals surface area contributed by atoms with Crippen molar-refractivity contribution in [2.45, 2.75) is 20.8 Å². The quantitative estimate of drug-likeness (QED) is 0.673. The van der Waals surface area contributed by atoms with Gasteiger partial charge in [-0.3, -0.25) is 9.78 Å². The van der Waals surface area contributed by atoms with Gasteiger partial charge in [0.15, 0.2) is 5.82 Å². The van der Waals surface area contributed by atoms with Crippen LogP contribution in [0, 0.1) is 20.8 Å². The summed E-state index contributed by atoms with van der Waals surface area (Å²) in [6.07, 6.45) is 3.29. The summed E-state index contributed by atoms with van der Waals surface area (Å²) in [5, 5.41) is 7.36. The molecule has 8 heteroatoms. The summed E-state index contributed by atoms with van der Waals surface area (Å²) in [6, 6.07) is 7.71. The fraction of sp³-hybridized carbons (Fsp3) is 0.263. The maximum absolute atomic E-state index is 12.4. The molecular formula is C19H21BrN6O. The Labute approximate surface area is 166 Å². The summed E-state index contributed by atoms with van der Waals surface area (Å²) >= 11 is 3.42. The molecular weight excluding hydrogens is 408 g/mol. The van der Waals surface area contributed by atoms with Crippen LogP contribution in [0.25, 0.3) is 5.82 Å². The molecule has 0 aliphatic carbocycles. The lowest BCUT2D eigenvalue weighted by Crippen LogP contribution is -2.31. The predicted octanol–water partition coefficient (Wildman–Crippen LogP) is 3.42. The summed E-state index contributed by atoms with van der Waals surface area (Å²) < 4.78 is 2.72. The zero-order valence-corrected chi connectivity index (χ0v) is 17.3. The summed E-state index contributed by atoms with van der Waals surface area (Å²) in [5.74, 6) is 1.10. The highest BCUT2D eigenvalue weighted by Gasteiger charge is 2.13. The van der Waals surface area contributed by atoms with Gasteiger partial charge in [-0.1, -0.05) is 15.9 Å². The maximum atomic E-state index is 12.4. The van der Waals surface area contributed by atoms with Gasteiger partial charge < -0.3 is 10.2 Å². The summed E-state index contributed by atoms with van der Waals surface area (Å²) in [6.45, 7) is 6.01. The molecule has 0 aliphatic rings. The molecule has 0 unspecified atom stereocenters. The van der Waals surface area contributed by atoms with E-state index >= 15 is 0 Å². The van der Waals surface area contributed by atoms with Crippen molar-refractivity contribution < 1.29 is 4.79 Å². The minimum Gasteiger partial charge on any atom is -0.349 e.